The average molecular weight is 920 g/mol. The lowest BCUT2D eigenvalue weighted by molar-refractivity contribution is -0.147. The number of nitrogens with two attached hydrogens (primary N) is 1. The first-order valence-corrected chi connectivity index (χ1v) is 23.1. The first kappa shape index (κ1) is 49.6. The van der Waals surface area contributed by atoms with Crippen LogP contribution in [0.15, 0.2) is 42.6 Å². The number of piperazine rings is 1. The number of hydrogen-bond acceptors (Lipinski definition) is 11. The summed E-state index contributed by atoms with van der Waals surface area (Å²) in [6.07, 6.45) is 3.64. The van der Waals surface area contributed by atoms with Gasteiger partial charge in [-0.1, -0.05) is 31.5 Å². The molecule has 2 aliphatic rings. The molecule has 0 radical (unpaired) electrons. The van der Waals surface area contributed by atoms with Gasteiger partial charge in [-0.05, 0) is 102 Å². The summed E-state index contributed by atoms with van der Waals surface area (Å²) in [7, 11) is 3.38. The minimum absolute atomic E-state index is 0.00564. The molecule has 2 aromatic carbocycles. The fourth-order valence-corrected chi connectivity index (χ4v) is 8.59. The molecule has 65 heavy (non-hydrogen) atoms. The molecule has 5 N–H and O–H groups in total. The number of ether oxygens (including phenoxy) is 2. The van der Waals surface area contributed by atoms with Crippen molar-refractivity contribution in [2.75, 3.05) is 89.5 Å². The lowest BCUT2D eigenvalue weighted by atomic mass is 9.96. The Labute approximate surface area is 387 Å². The van der Waals surface area contributed by atoms with Crippen molar-refractivity contribution in [3.63, 3.8) is 0 Å². The van der Waals surface area contributed by atoms with E-state index in [1.807, 2.05) is 95.8 Å². The fourth-order valence-electron chi connectivity index (χ4n) is 8.42. The Bertz CT molecular complexity index is 2280. The van der Waals surface area contributed by atoms with E-state index in [4.69, 9.17) is 36.8 Å². The lowest BCUT2D eigenvalue weighted by Crippen LogP contribution is -2.51. The topological polar surface area (TPSA) is 174 Å². The van der Waals surface area contributed by atoms with E-state index in [1.54, 1.807) is 13.1 Å². The molecule has 0 saturated carbocycles. The second-order valence-electron chi connectivity index (χ2n) is 19.2. The number of rotatable bonds is 18. The molecule has 17 heteroatoms. The maximum absolute atomic E-state index is 15.0. The Morgan fingerprint density at radius 2 is 1.71 bits per heavy atom. The van der Waals surface area contributed by atoms with Gasteiger partial charge in [0.05, 0.1) is 59.7 Å². The second-order valence-corrected chi connectivity index (χ2v) is 19.6. The molecular weight excluding hydrogens is 851 g/mol. The summed E-state index contributed by atoms with van der Waals surface area (Å²) in [5, 5.41) is 6.01. The Morgan fingerprint density at radius 3 is 2.37 bits per heavy atom. The first-order chi connectivity index (χ1) is 30.7. The van der Waals surface area contributed by atoms with Gasteiger partial charge in [-0.2, -0.15) is 0 Å². The number of likely N-dealkylation sites (N-methyl/N-ethyl adjacent to an activating group) is 2. The van der Waals surface area contributed by atoms with Crippen molar-refractivity contribution in [1.29, 1.82) is 0 Å². The molecule has 3 amide bonds. The van der Waals surface area contributed by atoms with Gasteiger partial charge in [0, 0.05) is 75.7 Å². The van der Waals surface area contributed by atoms with Crippen molar-refractivity contribution in [1.82, 2.24) is 35.4 Å². The van der Waals surface area contributed by atoms with Crippen LogP contribution in [0.3, 0.4) is 0 Å². The van der Waals surface area contributed by atoms with Crippen LogP contribution in [0, 0.1) is 18.7 Å². The monoisotopic (exact) mass is 919 g/mol. The molecule has 2 saturated heterocycles. The van der Waals surface area contributed by atoms with Crippen molar-refractivity contribution in [3.05, 3.63) is 59.0 Å². The molecular formula is C48H68ClFN10O5. The van der Waals surface area contributed by atoms with Gasteiger partial charge in [0.15, 0.2) is 0 Å². The number of nitrogens with one attached hydrogen (secondary N) is 3. The van der Waals surface area contributed by atoms with Crippen LogP contribution in [0.5, 0.6) is 0 Å². The van der Waals surface area contributed by atoms with Crippen molar-refractivity contribution in [2.24, 2.45) is 11.7 Å². The van der Waals surface area contributed by atoms with Crippen LogP contribution in [0.4, 0.5) is 15.9 Å². The number of aromatic nitrogens is 3. The van der Waals surface area contributed by atoms with Crippen LogP contribution >= 0.6 is 11.6 Å². The highest BCUT2D eigenvalue weighted by Crippen LogP contribution is 2.45. The van der Waals surface area contributed by atoms with E-state index >= 15 is 4.39 Å². The minimum atomic E-state index is -0.767. The van der Waals surface area contributed by atoms with Crippen LogP contribution in [-0.4, -0.2) is 145 Å². The highest BCUT2D eigenvalue weighted by molar-refractivity contribution is 6.31. The minimum Gasteiger partial charge on any atom is -0.372 e. The van der Waals surface area contributed by atoms with Crippen LogP contribution in [0.25, 0.3) is 33.5 Å². The zero-order valence-corrected chi connectivity index (χ0v) is 40.3. The maximum atomic E-state index is 15.0. The van der Waals surface area contributed by atoms with Gasteiger partial charge in [0.2, 0.25) is 17.7 Å². The maximum Gasteiger partial charge on any atom is 0.242 e. The van der Waals surface area contributed by atoms with Crippen LogP contribution in [-0.2, 0) is 23.9 Å². The molecule has 2 aromatic heterocycles. The molecule has 0 spiro atoms. The number of hydrogen-bond donors (Lipinski definition) is 4. The summed E-state index contributed by atoms with van der Waals surface area (Å²) in [4.78, 5) is 60.7. The number of H-pyrrole nitrogens is 1. The fraction of sp³-hybridized carbons (Fsp3) is 0.562. The number of pyridine rings is 1. The molecule has 0 aliphatic carbocycles. The normalized spacial score (nSPS) is 15.9. The standard InChI is InChI=1S/C48H68ClFN10O5/c1-30(2)42(46(63)52-8)56-39(61)28-57(9)20-21-64-48(6,7)29-65-47(4,5)26-40(62)58-16-18-60(19-17-58)45-41(44-54-37-11-10-33(49)25-38(37)55-44)43(59-14-12-35(51)13-15-59)36(27-53-45)32-22-31(3)23-34(50)24-32/h10-11,22-25,27,30,35,42H,12-21,26,28-29,51H2,1-9H3,(H,52,63)(H,54,55)(H,56,61). The Balaban J connectivity index is 1.11. The average Bonchev–Trinajstić information content (AvgIpc) is 3.67. The zero-order chi connectivity index (χ0) is 47.2. The number of carbonyl (C=O) groups excluding carboxylic acids is 3. The first-order valence-electron chi connectivity index (χ1n) is 22.7. The van der Waals surface area contributed by atoms with Crippen molar-refractivity contribution in [2.45, 2.75) is 91.0 Å². The van der Waals surface area contributed by atoms with E-state index in [0.29, 0.717) is 63.3 Å². The molecule has 1 atom stereocenters. The highest BCUT2D eigenvalue weighted by atomic mass is 35.5. The molecule has 4 aromatic rings. The van der Waals surface area contributed by atoms with Crippen LogP contribution < -0.4 is 26.2 Å². The Kier molecular flexibility index (Phi) is 16.1. The number of piperidine rings is 1. The number of aromatic amines is 1. The Morgan fingerprint density at radius 1 is 1.00 bits per heavy atom. The molecule has 6 rings (SSSR count). The molecule has 2 aliphatic heterocycles. The molecule has 354 valence electrons. The second kappa shape index (κ2) is 21.2. The van der Waals surface area contributed by atoms with Gasteiger partial charge >= 0.3 is 0 Å². The SMILES string of the molecule is CNC(=O)C(NC(=O)CN(C)CCOC(C)(C)COC(C)(C)CC(=O)N1CCN(c2ncc(-c3cc(C)cc(F)c3)c(N3CCC(N)CC3)c2-c2nc3ccc(Cl)cc3[nH]2)CC1)C(C)C. The van der Waals surface area contributed by atoms with E-state index in [9.17, 15) is 14.4 Å². The number of aryl methyl sites for hydroxylation is 1. The predicted molar refractivity (Wildman–Crippen MR) is 256 cm³/mol. The van der Waals surface area contributed by atoms with Crippen molar-refractivity contribution < 1.29 is 28.2 Å². The van der Waals surface area contributed by atoms with Crippen molar-refractivity contribution in [3.8, 4) is 22.5 Å². The molecule has 15 nitrogen and oxygen atoms in total. The number of halogens is 2. The van der Waals surface area contributed by atoms with Crippen LogP contribution in [0.2, 0.25) is 5.02 Å². The van der Waals surface area contributed by atoms with E-state index in [-0.39, 0.29) is 55.1 Å². The third-order valence-corrected chi connectivity index (χ3v) is 12.4. The molecule has 0 bridgehead atoms. The summed E-state index contributed by atoms with van der Waals surface area (Å²) in [6.45, 7) is 18.1. The summed E-state index contributed by atoms with van der Waals surface area (Å²) in [6, 6.07) is 10.1. The third-order valence-electron chi connectivity index (χ3n) is 12.1. The molecule has 4 heterocycles. The molecule has 1 unspecified atom stereocenters. The van der Waals surface area contributed by atoms with Gasteiger partial charge in [-0.3, -0.25) is 19.3 Å². The summed E-state index contributed by atoms with van der Waals surface area (Å²) < 4.78 is 27.5. The highest BCUT2D eigenvalue weighted by Gasteiger charge is 2.34. The number of anilines is 2. The summed E-state index contributed by atoms with van der Waals surface area (Å²) in [5.74, 6) is 0.523. The lowest BCUT2D eigenvalue weighted by Gasteiger charge is -2.39. The van der Waals surface area contributed by atoms with Gasteiger partial charge in [-0.15, -0.1) is 0 Å². The number of carbonyl (C=O) groups is 3. The predicted octanol–water partition coefficient (Wildman–Crippen LogP) is 5.77. The van der Waals surface area contributed by atoms with Gasteiger partial charge < -0.3 is 45.5 Å². The van der Waals surface area contributed by atoms with E-state index in [0.717, 1.165) is 57.6 Å². The zero-order valence-electron chi connectivity index (χ0n) is 39.5. The largest absolute Gasteiger partial charge is 0.372 e. The van der Waals surface area contributed by atoms with Gasteiger partial charge in [0.25, 0.3) is 0 Å². The van der Waals surface area contributed by atoms with Gasteiger partial charge in [-0.25, -0.2) is 14.4 Å². The van der Waals surface area contributed by atoms with Crippen LogP contribution in [0.1, 0.15) is 66.4 Å². The number of amides is 3. The Hall–Kier alpha value is -4.87. The summed E-state index contributed by atoms with van der Waals surface area (Å²) >= 11 is 6.42. The van der Waals surface area contributed by atoms with Crippen molar-refractivity contribution >= 4 is 51.9 Å². The number of imidazole rings is 1. The van der Waals surface area contributed by atoms with E-state index in [1.165, 1.54) is 6.07 Å². The number of fused-ring (bicyclic) bond motifs is 1. The molecule has 2 fully saturated rings. The quantitative estimate of drug-likeness (QED) is 0.0955. The van der Waals surface area contributed by atoms with E-state index < -0.39 is 17.2 Å². The number of nitrogens with zero attached hydrogens (tertiary/aromatic N) is 6. The summed E-state index contributed by atoms with van der Waals surface area (Å²) in [5.41, 5.74) is 10.6. The van der Waals surface area contributed by atoms with Gasteiger partial charge in [0.1, 0.15) is 23.5 Å². The number of benzene rings is 2. The van der Waals surface area contributed by atoms with E-state index in [2.05, 4.69) is 25.4 Å². The smallest absolute Gasteiger partial charge is 0.242 e. The third kappa shape index (κ3) is 12.9.